The van der Waals surface area contributed by atoms with Crippen LogP contribution in [0, 0.1) is 19.7 Å². The molecule has 6 nitrogen and oxygen atoms in total. The molecule has 3 aromatic carbocycles. The van der Waals surface area contributed by atoms with Crippen LogP contribution in [0.5, 0.6) is 0 Å². The van der Waals surface area contributed by atoms with Crippen LogP contribution in [0.4, 0.5) is 10.1 Å². The van der Waals surface area contributed by atoms with Crippen molar-refractivity contribution in [1.82, 2.24) is 4.98 Å². The van der Waals surface area contributed by atoms with Crippen molar-refractivity contribution in [3.63, 3.8) is 0 Å². The molecule has 0 atom stereocenters. The number of hydrogen-bond acceptors (Lipinski definition) is 5. The largest absolute Gasteiger partial charge is 0.440 e. The number of oxazole rings is 1. The number of anilines is 1. The Kier molecular flexibility index (Phi) is 6.69. The summed E-state index contributed by atoms with van der Waals surface area (Å²) < 4.78 is 43.5. The van der Waals surface area contributed by atoms with Gasteiger partial charge in [0.2, 0.25) is 11.8 Å². The molecule has 0 spiro atoms. The van der Waals surface area contributed by atoms with Crippen LogP contribution in [-0.2, 0) is 26.5 Å². The lowest BCUT2D eigenvalue weighted by atomic mass is 9.87. The first kappa shape index (κ1) is 25.9. The van der Waals surface area contributed by atoms with E-state index >= 15 is 0 Å². The van der Waals surface area contributed by atoms with Crippen molar-refractivity contribution in [1.29, 1.82) is 0 Å². The molecular weight excluding hydrogens is 503 g/mol. The summed E-state index contributed by atoms with van der Waals surface area (Å²) in [5.41, 5.74) is 5.12. The first-order valence-electron chi connectivity index (χ1n) is 12.6. The van der Waals surface area contributed by atoms with Gasteiger partial charge in [-0.1, -0.05) is 19.1 Å². The first-order valence-corrected chi connectivity index (χ1v) is 14.2. The molecular formula is C30H29FN2O4S. The molecule has 0 aliphatic heterocycles. The van der Waals surface area contributed by atoms with E-state index in [4.69, 9.17) is 4.42 Å². The van der Waals surface area contributed by atoms with E-state index in [9.17, 15) is 17.6 Å². The van der Waals surface area contributed by atoms with Crippen LogP contribution in [0.15, 0.2) is 76.2 Å². The Morgan fingerprint density at radius 3 is 2.24 bits per heavy atom. The van der Waals surface area contributed by atoms with Crippen molar-refractivity contribution in [2.45, 2.75) is 50.3 Å². The molecule has 1 saturated carbocycles. The average molecular weight is 533 g/mol. The molecule has 1 amide bonds. The summed E-state index contributed by atoms with van der Waals surface area (Å²) in [5.74, 6) is 0.805. The number of amides is 1. The highest BCUT2D eigenvalue weighted by Crippen LogP contribution is 2.55. The van der Waals surface area contributed by atoms with Gasteiger partial charge in [0, 0.05) is 11.3 Å². The van der Waals surface area contributed by atoms with E-state index < -0.39 is 9.84 Å². The summed E-state index contributed by atoms with van der Waals surface area (Å²) in [6.07, 6.45) is 3.64. The fourth-order valence-corrected chi connectivity index (χ4v) is 5.99. The second-order valence-corrected chi connectivity index (χ2v) is 12.2. The van der Waals surface area contributed by atoms with E-state index in [1.54, 1.807) is 49.5 Å². The molecule has 38 heavy (non-hydrogen) atoms. The molecule has 1 N–H and O–H groups in total. The summed E-state index contributed by atoms with van der Waals surface area (Å²) in [5, 5.41) is 2.97. The highest BCUT2D eigenvalue weighted by atomic mass is 32.2. The number of carbonyl (C=O) groups excluding carboxylic acids is 1. The SMILES string of the molecule is CCS(=O)(=O)c1ccc(CC(=O)Nc2cc(C)c(C3(c4ncc(-c5ccc(F)cc5)o4)CC3)c(C)c2)cc1. The highest BCUT2D eigenvalue weighted by Gasteiger charge is 2.51. The van der Waals surface area contributed by atoms with Gasteiger partial charge < -0.3 is 9.73 Å². The maximum atomic E-state index is 13.3. The van der Waals surface area contributed by atoms with Crippen LogP contribution >= 0.6 is 0 Å². The van der Waals surface area contributed by atoms with Gasteiger partial charge in [-0.15, -0.1) is 0 Å². The van der Waals surface area contributed by atoms with Crippen molar-refractivity contribution in [2.75, 3.05) is 11.1 Å². The molecule has 1 aliphatic carbocycles. The molecule has 1 fully saturated rings. The minimum Gasteiger partial charge on any atom is -0.440 e. The van der Waals surface area contributed by atoms with Gasteiger partial charge in [0.1, 0.15) is 5.82 Å². The number of nitrogens with one attached hydrogen (secondary N) is 1. The third-order valence-corrected chi connectivity index (χ3v) is 8.87. The lowest BCUT2D eigenvalue weighted by molar-refractivity contribution is -0.115. The number of aromatic nitrogens is 1. The minimum atomic E-state index is -3.27. The summed E-state index contributed by atoms with van der Waals surface area (Å²) in [7, 11) is -3.27. The lowest BCUT2D eigenvalue weighted by Crippen LogP contribution is -2.17. The molecule has 196 valence electrons. The third kappa shape index (κ3) is 5.00. The Labute approximate surface area is 221 Å². The Morgan fingerprint density at radius 1 is 1.03 bits per heavy atom. The summed E-state index contributed by atoms with van der Waals surface area (Å²) in [4.78, 5) is 17.6. The van der Waals surface area contributed by atoms with Gasteiger partial charge in [0.25, 0.3) is 0 Å². The summed E-state index contributed by atoms with van der Waals surface area (Å²) in [6, 6.07) is 16.5. The summed E-state index contributed by atoms with van der Waals surface area (Å²) >= 11 is 0. The first-order chi connectivity index (χ1) is 18.1. The molecule has 0 unspecified atom stereocenters. The van der Waals surface area contributed by atoms with E-state index in [0.717, 1.165) is 40.7 Å². The summed E-state index contributed by atoms with van der Waals surface area (Å²) in [6.45, 7) is 5.65. The number of halogens is 1. The molecule has 1 aliphatic rings. The number of aryl methyl sites for hydroxylation is 2. The Balaban J connectivity index is 1.32. The standard InChI is InChI=1S/C30H29FN2O4S/c1-4-38(35,36)25-11-5-21(6-12-25)17-27(34)33-24-15-19(2)28(20(3)16-24)30(13-14-30)29-32-18-26(37-29)22-7-9-23(31)10-8-22/h5-12,15-16,18H,4,13-14,17H2,1-3H3,(H,33,34). The Bertz CT molecular complexity index is 1580. The Morgan fingerprint density at radius 2 is 1.66 bits per heavy atom. The zero-order chi connectivity index (χ0) is 27.1. The Hall–Kier alpha value is -3.78. The second kappa shape index (κ2) is 9.83. The molecule has 5 rings (SSSR count). The number of benzene rings is 3. The van der Waals surface area contributed by atoms with Gasteiger partial charge in [0.05, 0.1) is 28.7 Å². The van der Waals surface area contributed by atoms with Gasteiger partial charge >= 0.3 is 0 Å². The molecule has 0 radical (unpaired) electrons. The van der Waals surface area contributed by atoms with Crippen LogP contribution in [-0.4, -0.2) is 25.1 Å². The highest BCUT2D eigenvalue weighted by molar-refractivity contribution is 7.91. The van der Waals surface area contributed by atoms with Gasteiger partial charge in [0.15, 0.2) is 15.6 Å². The van der Waals surface area contributed by atoms with Gasteiger partial charge in [-0.2, -0.15) is 0 Å². The van der Waals surface area contributed by atoms with Crippen molar-refractivity contribution in [3.05, 3.63) is 101 Å². The quantitative estimate of drug-likeness (QED) is 0.294. The van der Waals surface area contributed by atoms with Gasteiger partial charge in [-0.25, -0.2) is 17.8 Å². The van der Waals surface area contributed by atoms with Gasteiger partial charge in [-0.05, 0) is 97.5 Å². The van der Waals surface area contributed by atoms with Crippen molar-refractivity contribution in [2.24, 2.45) is 0 Å². The molecule has 0 bridgehead atoms. The van der Waals surface area contributed by atoms with Crippen LogP contribution < -0.4 is 5.32 Å². The van der Waals surface area contributed by atoms with E-state index in [2.05, 4.69) is 10.3 Å². The van der Waals surface area contributed by atoms with Crippen LogP contribution in [0.1, 0.15) is 47.9 Å². The van der Waals surface area contributed by atoms with E-state index in [1.807, 2.05) is 26.0 Å². The van der Waals surface area contributed by atoms with E-state index in [1.165, 1.54) is 12.1 Å². The number of sulfone groups is 1. The zero-order valence-corrected chi connectivity index (χ0v) is 22.4. The fourth-order valence-electron chi connectivity index (χ4n) is 5.10. The monoisotopic (exact) mass is 532 g/mol. The predicted molar refractivity (Wildman–Crippen MR) is 144 cm³/mol. The van der Waals surface area contributed by atoms with Crippen LogP contribution in [0.2, 0.25) is 0 Å². The number of nitrogens with zero attached hydrogens (tertiary/aromatic N) is 1. The fraction of sp³-hybridized carbons (Fsp3) is 0.267. The number of rotatable bonds is 8. The van der Waals surface area contributed by atoms with E-state index in [0.29, 0.717) is 17.3 Å². The number of carbonyl (C=O) groups is 1. The zero-order valence-electron chi connectivity index (χ0n) is 21.5. The van der Waals surface area contributed by atoms with Crippen LogP contribution in [0.3, 0.4) is 0 Å². The lowest BCUT2D eigenvalue weighted by Gasteiger charge is -2.20. The average Bonchev–Trinajstić information content (AvgIpc) is 3.51. The van der Waals surface area contributed by atoms with E-state index in [-0.39, 0.29) is 34.2 Å². The minimum absolute atomic E-state index is 0.0359. The smallest absolute Gasteiger partial charge is 0.228 e. The molecule has 0 saturated heterocycles. The topological polar surface area (TPSA) is 89.3 Å². The third-order valence-electron chi connectivity index (χ3n) is 7.12. The van der Waals surface area contributed by atoms with Crippen molar-refractivity contribution >= 4 is 21.4 Å². The maximum absolute atomic E-state index is 13.3. The van der Waals surface area contributed by atoms with Crippen molar-refractivity contribution in [3.8, 4) is 11.3 Å². The maximum Gasteiger partial charge on any atom is 0.228 e. The molecule has 1 aromatic heterocycles. The van der Waals surface area contributed by atoms with Crippen LogP contribution in [0.25, 0.3) is 11.3 Å². The second-order valence-electron chi connectivity index (χ2n) is 9.88. The van der Waals surface area contributed by atoms with Crippen molar-refractivity contribution < 1.29 is 22.0 Å². The molecule has 8 heteroatoms. The molecule has 1 heterocycles. The number of hydrogen-bond donors (Lipinski definition) is 1. The normalized spacial score (nSPS) is 14.3. The molecule has 4 aromatic rings. The van der Waals surface area contributed by atoms with Gasteiger partial charge in [-0.3, -0.25) is 4.79 Å². The predicted octanol–water partition coefficient (Wildman–Crippen LogP) is 6.15.